The van der Waals surface area contributed by atoms with Gasteiger partial charge in [-0.05, 0) is 35.7 Å². The smallest absolute Gasteiger partial charge is 0.322 e. The molecule has 0 saturated heterocycles. The quantitative estimate of drug-likeness (QED) is 0.398. The van der Waals surface area contributed by atoms with E-state index in [0.29, 0.717) is 11.1 Å². The molecule has 35 heavy (non-hydrogen) atoms. The fourth-order valence-electron chi connectivity index (χ4n) is 3.14. The zero-order chi connectivity index (χ0) is 27.1. The van der Waals surface area contributed by atoms with Crippen LogP contribution in [0.1, 0.15) is 45.7 Å². The highest BCUT2D eigenvalue weighted by molar-refractivity contribution is 6.01. The van der Waals surface area contributed by atoms with Crippen LogP contribution in [0, 0.1) is 24.5 Å². The number of hydrogen-bond donors (Lipinski definition) is 3. The van der Waals surface area contributed by atoms with Crippen LogP contribution in [0.4, 0.5) is 8.78 Å². The molecule has 0 atom stereocenters. The highest BCUT2D eigenvalue weighted by Crippen LogP contribution is 2.37. The number of hydrazone groups is 1. The van der Waals surface area contributed by atoms with Crippen LogP contribution in [0.5, 0.6) is 0 Å². The van der Waals surface area contributed by atoms with Gasteiger partial charge in [-0.3, -0.25) is 14.6 Å². The van der Waals surface area contributed by atoms with Crippen LogP contribution in [-0.4, -0.2) is 39.9 Å². The van der Waals surface area contributed by atoms with E-state index in [0.717, 1.165) is 6.07 Å². The second-order valence-corrected chi connectivity index (χ2v) is 6.19. The Kier molecular flexibility index (Phi) is 13.7. The number of carboxylic acid groups (broad SMARTS) is 1. The van der Waals surface area contributed by atoms with Crippen LogP contribution in [0.2, 0.25) is 0 Å². The Morgan fingerprint density at radius 1 is 1.09 bits per heavy atom. The Balaban J connectivity index is 0.00000179. The summed E-state index contributed by atoms with van der Waals surface area (Å²) in [6.45, 7) is 9.00. The number of fused-ring (bicyclic) bond motifs is 1. The molecule has 0 aliphatic carbocycles. The van der Waals surface area contributed by atoms with Crippen LogP contribution in [0.3, 0.4) is 0 Å². The van der Waals surface area contributed by atoms with Crippen molar-refractivity contribution in [2.24, 2.45) is 5.10 Å². The van der Waals surface area contributed by atoms with Crippen molar-refractivity contribution in [3.05, 3.63) is 64.9 Å². The number of carboxylic acids is 1. The molecule has 3 N–H and O–H groups in total. The van der Waals surface area contributed by atoms with Gasteiger partial charge in [0.2, 0.25) is 0 Å². The SMILES string of the molecule is C#C.C/C=N\N1Cc2c(cccc2-c2cc(F)cc(F)c2)C(O)=C1C(=O)NCC(=O)O.CC.CC. The minimum atomic E-state index is -1.24. The number of halogens is 2. The molecular formula is C26H31F2N3O4. The first-order chi connectivity index (χ1) is 16.8. The second kappa shape index (κ2) is 15.6. The number of benzene rings is 2. The third-order valence-electron chi connectivity index (χ3n) is 4.27. The van der Waals surface area contributed by atoms with Crippen molar-refractivity contribution in [2.75, 3.05) is 6.54 Å². The number of amides is 1. The number of aliphatic hydroxyl groups excluding tert-OH is 1. The Morgan fingerprint density at radius 2 is 1.63 bits per heavy atom. The minimum absolute atomic E-state index is 0.0217. The van der Waals surface area contributed by atoms with E-state index in [2.05, 4.69) is 23.3 Å². The molecule has 0 unspecified atom stereocenters. The molecule has 0 radical (unpaired) electrons. The first kappa shape index (κ1) is 30.8. The minimum Gasteiger partial charge on any atom is -0.505 e. The first-order valence-electron chi connectivity index (χ1n) is 10.9. The van der Waals surface area contributed by atoms with Gasteiger partial charge in [0.1, 0.15) is 18.2 Å². The highest BCUT2D eigenvalue weighted by atomic mass is 19.1. The van der Waals surface area contributed by atoms with Crippen molar-refractivity contribution in [3.63, 3.8) is 0 Å². The lowest BCUT2D eigenvalue weighted by Crippen LogP contribution is -2.38. The third kappa shape index (κ3) is 7.96. The molecule has 0 fully saturated rings. The van der Waals surface area contributed by atoms with E-state index >= 15 is 0 Å². The van der Waals surface area contributed by atoms with Crippen molar-refractivity contribution in [1.29, 1.82) is 0 Å². The van der Waals surface area contributed by atoms with Crippen LogP contribution in [-0.2, 0) is 16.1 Å². The van der Waals surface area contributed by atoms with E-state index in [-0.39, 0.29) is 23.4 Å². The van der Waals surface area contributed by atoms with Crippen LogP contribution in [0.25, 0.3) is 16.9 Å². The molecule has 7 nitrogen and oxygen atoms in total. The van der Waals surface area contributed by atoms with E-state index in [1.54, 1.807) is 25.1 Å². The summed E-state index contributed by atoms with van der Waals surface area (Å²) in [6, 6.07) is 7.88. The van der Waals surface area contributed by atoms with E-state index in [1.165, 1.54) is 23.4 Å². The van der Waals surface area contributed by atoms with Gasteiger partial charge in [0, 0.05) is 17.8 Å². The average molecular weight is 488 g/mol. The summed E-state index contributed by atoms with van der Waals surface area (Å²) >= 11 is 0. The molecule has 2 aromatic carbocycles. The predicted molar refractivity (Wildman–Crippen MR) is 134 cm³/mol. The molecule has 0 aromatic heterocycles. The Bertz CT molecular complexity index is 1070. The van der Waals surface area contributed by atoms with Crippen LogP contribution >= 0.6 is 0 Å². The van der Waals surface area contributed by atoms with Crippen molar-refractivity contribution in [3.8, 4) is 24.0 Å². The molecule has 1 amide bonds. The summed E-state index contributed by atoms with van der Waals surface area (Å²) in [5, 5.41) is 27.0. The van der Waals surface area contributed by atoms with E-state index in [4.69, 9.17) is 5.11 Å². The molecule has 1 heterocycles. The zero-order valence-electron chi connectivity index (χ0n) is 20.5. The number of nitrogens with zero attached hydrogens (tertiary/aromatic N) is 2. The number of carbonyl (C=O) groups excluding carboxylic acids is 1. The molecule has 2 aromatic rings. The maximum absolute atomic E-state index is 13.7. The van der Waals surface area contributed by atoms with Crippen molar-refractivity contribution >= 4 is 23.9 Å². The number of rotatable bonds is 5. The van der Waals surface area contributed by atoms with Crippen molar-refractivity contribution in [2.45, 2.75) is 41.2 Å². The first-order valence-corrected chi connectivity index (χ1v) is 10.9. The predicted octanol–water partition coefficient (Wildman–Crippen LogP) is 5.18. The summed E-state index contributed by atoms with van der Waals surface area (Å²) in [7, 11) is 0. The lowest BCUT2D eigenvalue weighted by Gasteiger charge is -2.29. The monoisotopic (exact) mass is 487 g/mol. The van der Waals surface area contributed by atoms with Gasteiger partial charge < -0.3 is 15.5 Å². The van der Waals surface area contributed by atoms with Gasteiger partial charge in [-0.25, -0.2) is 8.78 Å². The molecule has 0 bridgehead atoms. The van der Waals surface area contributed by atoms with E-state index in [9.17, 15) is 23.5 Å². The lowest BCUT2D eigenvalue weighted by molar-refractivity contribution is -0.137. The molecule has 9 heteroatoms. The number of hydrogen-bond acceptors (Lipinski definition) is 5. The van der Waals surface area contributed by atoms with Gasteiger partial charge in [0.05, 0.1) is 6.54 Å². The van der Waals surface area contributed by atoms with Crippen LogP contribution in [0.15, 0.2) is 47.2 Å². The van der Waals surface area contributed by atoms with Gasteiger partial charge in [-0.2, -0.15) is 5.10 Å². The Hall–Kier alpha value is -4.19. The topological polar surface area (TPSA) is 102 Å². The summed E-state index contributed by atoms with van der Waals surface area (Å²) in [5.74, 6) is -3.96. The summed E-state index contributed by atoms with van der Waals surface area (Å²) in [6.07, 6.45) is 9.40. The zero-order valence-corrected chi connectivity index (χ0v) is 20.5. The lowest BCUT2D eigenvalue weighted by atomic mass is 9.91. The van der Waals surface area contributed by atoms with Crippen molar-refractivity contribution < 1.29 is 28.6 Å². The van der Waals surface area contributed by atoms with Gasteiger partial charge >= 0.3 is 5.97 Å². The molecule has 0 spiro atoms. The highest BCUT2D eigenvalue weighted by Gasteiger charge is 2.31. The maximum atomic E-state index is 13.7. The Morgan fingerprint density at radius 3 is 2.14 bits per heavy atom. The number of aliphatic carboxylic acids is 1. The molecule has 188 valence electrons. The number of aliphatic hydroxyl groups is 1. The van der Waals surface area contributed by atoms with E-state index in [1.807, 2.05) is 27.7 Å². The third-order valence-corrected chi connectivity index (χ3v) is 4.27. The van der Waals surface area contributed by atoms with Gasteiger partial charge in [0.15, 0.2) is 11.5 Å². The van der Waals surface area contributed by atoms with Gasteiger partial charge in [-0.15, -0.1) is 12.8 Å². The molecule has 1 aliphatic rings. The van der Waals surface area contributed by atoms with E-state index < -0.39 is 35.8 Å². The number of terminal acetylenes is 1. The van der Waals surface area contributed by atoms with Gasteiger partial charge in [0.25, 0.3) is 5.91 Å². The fourth-order valence-corrected chi connectivity index (χ4v) is 3.14. The van der Waals surface area contributed by atoms with Gasteiger partial charge in [-0.1, -0.05) is 45.9 Å². The average Bonchev–Trinajstić information content (AvgIpc) is 2.86. The Labute approximate surface area is 204 Å². The maximum Gasteiger partial charge on any atom is 0.322 e. The van der Waals surface area contributed by atoms with Crippen molar-refractivity contribution in [1.82, 2.24) is 10.3 Å². The summed E-state index contributed by atoms with van der Waals surface area (Å²) in [4.78, 5) is 23.2. The summed E-state index contributed by atoms with van der Waals surface area (Å²) < 4.78 is 27.4. The largest absolute Gasteiger partial charge is 0.505 e. The number of nitrogens with one attached hydrogen (secondary N) is 1. The normalized spacial score (nSPS) is 11.6. The summed E-state index contributed by atoms with van der Waals surface area (Å²) in [5.41, 5.74) is 1.31. The molecular weight excluding hydrogens is 456 g/mol. The standard InChI is InChI=1S/C20H17F2N3O4.2C2H6.C2H2/c1-2-24-25-10-16-14(11-6-12(21)8-13(22)7-11)4-3-5-15(16)19(28)18(25)20(29)23-9-17(26)27;3*1-2/h2-8,28H,9-10H2,1H3,(H,23,29)(H,26,27);2*1-2H3;1-2H/b24-2-;;;. The fraction of sp³-hybridized carbons (Fsp3) is 0.269. The molecule has 0 saturated carbocycles. The number of carbonyl (C=O) groups is 2. The molecule has 3 rings (SSSR count). The molecule has 1 aliphatic heterocycles. The second-order valence-electron chi connectivity index (χ2n) is 6.19. The van der Waals surface area contributed by atoms with Crippen LogP contribution < -0.4 is 5.32 Å².